The van der Waals surface area contributed by atoms with Gasteiger partial charge in [0, 0.05) is 0 Å². The summed E-state index contributed by atoms with van der Waals surface area (Å²) in [5, 5.41) is 0. The lowest BCUT2D eigenvalue weighted by Crippen LogP contribution is -2.04. The van der Waals surface area contributed by atoms with Crippen molar-refractivity contribution in [1.82, 2.24) is 0 Å². The average molecular weight is 238 g/mol. The summed E-state index contributed by atoms with van der Waals surface area (Å²) < 4.78 is 14.3. The van der Waals surface area contributed by atoms with Crippen LogP contribution in [0, 0.1) is 6.92 Å². The molecule has 1 unspecified atom stereocenters. The summed E-state index contributed by atoms with van der Waals surface area (Å²) in [4.78, 5) is 33.6. The monoisotopic (exact) mass is 238 g/mol. The molecule has 2 heterocycles. The molecule has 0 aliphatic carbocycles. The van der Waals surface area contributed by atoms with Crippen LogP contribution in [0.25, 0.3) is 0 Å². The Bertz CT molecular complexity index is 498. The van der Waals surface area contributed by atoms with E-state index in [9.17, 15) is 14.4 Å². The molecule has 6 heteroatoms. The third-order valence-electron chi connectivity index (χ3n) is 2.56. The van der Waals surface area contributed by atoms with Crippen LogP contribution in [0.3, 0.4) is 0 Å². The van der Waals surface area contributed by atoms with E-state index in [2.05, 4.69) is 9.47 Å². The summed E-state index contributed by atoms with van der Waals surface area (Å²) in [5.74, 6) is -1.96. The second-order valence-electron chi connectivity index (χ2n) is 3.66. The van der Waals surface area contributed by atoms with Crippen LogP contribution in [0.5, 0.6) is 0 Å². The number of esters is 3. The van der Waals surface area contributed by atoms with Gasteiger partial charge in [-0.1, -0.05) is 0 Å². The molecule has 1 fully saturated rings. The Balaban J connectivity index is 2.32. The van der Waals surface area contributed by atoms with E-state index in [0.29, 0.717) is 5.76 Å². The van der Waals surface area contributed by atoms with Crippen LogP contribution < -0.4 is 0 Å². The van der Waals surface area contributed by atoms with Crippen LogP contribution >= 0.6 is 0 Å². The van der Waals surface area contributed by atoms with Crippen molar-refractivity contribution >= 4 is 17.9 Å². The minimum Gasteiger partial charge on any atom is -0.465 e. The van der Waals surface area contributed by atoms with Gasteiger partial charge in [-0.2, -0.15) is 0 Å². The minimum atomic E-state index is -0.764. The zero-order chi connectivity index (χ0) is 12.6. The number of furan rings is 1. The largest absolute Gasteiger partial charge is 0.465 e. The predicted molar refractivity (Wildman–Crippen MR) is 53.2 cm³/mol. The van der Waals surface area contributed by atoms with Gasteiger partial charge in [-0.05, 0) is 13.0 Å². The van der Waals surface area contributed by atoms with E-state index < -0.39 is 23.8 Å². The number of ether oxygens (including phenoxy) is 2. The summed E-state index contributed by atoms with van der Waals surface area (Å²) >= 11 is 0. The van der Waals surface area contributed by atoms with Crippen molar-refractivity contribution in [2.45, 2.75) is 19.3 Å². The van der Waals surface area contributed by atoms with Crippen molar-refractivity contribution in [3.8, 4) is 0 Å². The molecule has 1 aliphatic heterocycles. The lowest BCUT2D eigenvalue weighted by molar-refractivity contribution is -0.152. The van der Waals surface area contributed by atoms with Gasteiger partial charge < -0.3 is 13.9 Å². The molecule has 6 nitrogen and oxygen atoms in total. The molecule has 1 aliphatic rings. The number of hydrogen-bond donors (Lipinski definition) is 0. The fourth-order valence-electron chi connectivity index (χ4n) is 1.68. The third-order valence-corrected chi connectivity index (χ3v) is 2.56. The van der Waals surface area contributed by atoms with E-state index in [1.54, 1.807) is 6.92 Å². The second kappa shape index (κ2) is 4.04. The number of methoxy groups -OCH3 is 1. The van der Waals surface area contributed by atoms with Crippen molar-refractivity contribution in [2.75, 3.05) is 7.11 Å². The highest BCUT2D eigenvalue weighted by atomic mass is 16.6. The smallest absolute Gasteiger partial charge is 0.341 e. The molecule has 90 valence electrons. The van der Waals surface area contributed by atoms with Gasteiger partial charge in [0.2, 0.25) is 0 Å². The Morgan fingerprint density at radius 1 is 1.47 bits per heavy atom. The van der Waals surface area contributed by atoms with E-state index in [-0.39, 0.29) is 17.7 Å². The van der Waals surface area contributed by atoms with E-state index in [0.717, 1.165) is 0 Å². The predicted octanol–water partition coefficient (Wildman–Crippen LogP) is 0.932. The fraction of sp³-hybridized carbons (Fsp3) is 0.364. The van der Waals surface area contributed by atoms with Crippen molar-refractivity contribution in [1.29, 1.82) is 0 Å². The maximum absolute atomic E-state index is 11.3. The topological polar surface area (TPSA) is 82.8 Å². The van der Waals surface area contributed by atoms with Gasteiger partial charge in [0.1, 0.15) is 23.0 Å². The van der Waals surface area contributed by atoms with Gasteiger partial charge in [0.05, 0.1) is 13.5 Å². The maximum Gasteiger partial charge on any atom is 0.341 e. The van der Waals surface area contributed by atoms with Crippen LogP contribution in [0.2, 0.25) is 0 Å². The maximum atomic E-state index is 11.3. The summed E-state index contributed by atoms with van der Waals surface area (Å²) in [6.07, 6.45) is -0.0631. The quantitative estimate of drug-likeness (QED) is 0.563. The van der Waals surface area contributed by atoms with Crippen LogP contribution in [0.4, 0.5) is 0 Å². The first-order valence-corrected chi connectivity index (χ1v) is 4.96. The molecule has 17 heavy (non-hydrogen) atoms. The second-order valence-corrected chi connectivity index (χ2v) is 3.66. The van der Waals surface area contributed by atoms with E-state index in [1.807, 2.05) is 0 Å². The molecule has 1 aromatic rings. The first-order chi connectivity index (χ1) is 8.02. The number of carbonyl (C=O) groups excluding carboxylic acids is 3. The van der Waals surface area contributed by atoms with Gasteiger partial charge >= 0.3 is 17.9 Å². The molecular weight excluding hydrogens is 228 g/mol. The van der Waals surface area contributed by atoms with Crippen molar-refractivity contribution in [3.05, 3.63) is 23.2 Å². The van der Waals surface area contributed by atoms with E-state index >= 15 is 0 Å². The Kier molecular flexibility index (Phi) is 2.71. The standard InChI is InChI=1S/C11H10O6/c1-5-6(10(13)15-2)3-8(16-5)7-4-9(12)17-11(7)14/h3,7H,4H2,1-2H3. The Morgan fingerprint density at radius 2 is 2.18 bits per heavy atom. The van der Waals surface area contributed by atoms with Crippen LogP contribution in [-0.2, 0) is 19.1 Å². The van der Waals surface area contributed by atoms with Gasteiger partial charge in [-0.15, -0.1) is 0 Å². The zero-order valence-corrected chi connectivity index (χ0v) is 9.31. The molecule has 0 amide bonds. The molecule has 1 aromatic heterocycles. The van der Waals surface area contributed by atoms with E-state index in [1.165, 1.54) is 13.2 Å². The Morgan fingerprint density at radius 3 is 2.71 bits per heavy atom. The molecule has 2 rings (SSSR count). The number of aryl methyl sites for hydroxylation is 1. The highest BCUT2D eigenvalue weighted by molar-refractivity contribution is 5.98. The zero-order valence-electron chi connectivity index (χ0n) is 9.31. The number of hydrogen-bond acceptors (Lipinski definition) is 6. The third kappa shape index (κ3) is 1.93. The normalized spacial score (nSPS) is 19.3. The number of carbonyl (C=O) groups is 3. The van der Waals surface area contributed by atoms with E-state index in [4.69, 9.17) is 4.42 Å². The highest BCUT2D eigenvalue weighted by Gasteiger charge is 2.37. The summed E-state index contributed by atoms with van der Waals surface area (Å²) in [6.45, 7) is 1.58. The van der Waals surface area contributed by atoms with Gasteiger partial charge in [-0.3, -0.25) is 9.59 Å². The molecule has 0 radical (unpaired) electrons. The number of cyclic esters (lactones) is 2. The first-order valence-electron chi connectivity index (χ1n) is 4.96. The first kappa shape index (κ1) is 11.4. The summed E-state index contributed by atoms with van der Waals surface area (Å²) in [5.41, 5.74) is 0.245. The molecule has 0 N–H and O–H groups in total. The van der Waals surface area contributed by atoms with Crippen molar-refractivity contribution in [2.24, 2.45) is 0 Å². The summed E-state index contributed by atoms with van der Waals surface area (Å²) in [6, 6.07) is 1.41. The Labute approximate surface area is 96.5 Å². The van der Waals surface area contributed by atoms with Gasteiger partial charge in [0.25, 0.3) is 0 Å². The fourth-order valence-corrected chi connectivity index (χ4v) is 1.68. The molecular formula is C11H10O6. The van der Waals surface area contributed by atoms with Gasteiger partial charge in [0.15, 0.2) is 0 Å². The van der Waals surface area contributed by atoms with Crippen molar-refractivity contribution in [3.63, 3.8) is 0 Å². The highest BCUT2D eigenvalue weighted by Crippen LogP contribution is 2.30. The average Bonchev–Trinajstić information content (AvgIpc) is 2.80. The summed E-state index contributed by atoms with van der Waals surface area (Å²) in [7, 11) is 1.25. The lowest BCUT2D eigenvalue weighted by Gasteiger charge is -1.97. The lowest BCUT2D eigenvalue weighted by atomic mass is 10.0. The molecule has 0 bridgehead atoms. The molecule has 1 atom stereocenters. The van der Waals surface area contributed by atoms with Crippen LogP contribution in [0.1, 0.15) is 34.2 Å². The van der Waals surface area contributed by atoms with Crippen molar-refractivity contribution < 1.29 is 28.3 Å². The molecule has 0 aromatic carbocycles. The minimum absolute atomic E-state index is 0.0631. The SMILES string of the molecule is COC(=O)c1cc(C2CC(=O)OC2=O)oc1C. The van der Waals surface area contributed by atoms with Crippen LogP contribution in [0.15, 0.2) is 10.5 Å². The Hall–Kier alpha value is -2.11. The van der Waals surface area contributed by atoms with Gasteiger partial charge in [-0.25, -0.2) is 4.79 Å². The van der Waals surface area contributed by atoms with Crippen LogP contribution in [-0.4, -0.2) is 25.0 Å². The molecule has 1 saturated heterocycles. The number of rotatable bonds is 2. The molecule has 0 spiro atoms. The molecule has 0 saturated carbocycles.